The van der Waals surface area contributed by atoms with E-state index in [1.54, 1.807) is 30.0 Å². The van der Waals surface area contributed by atoms with Crippen LogP contribution in [0.3, 0.4) is 0 Å². The standard InChI is InChI=1S/C19H18N4O3S/c1-23-17(21-22-19(23)27-11-13-5-3-2-4-6-13)10-20-18(24)14-7-8-15-16(9-14)26-12-25-15/h2-9H,10-12H2,1H3,(H,20,24). The van der Waals surface area contributed by atoms with E-state index in [4.69, 9.17) is 9.47 Å². The summed E-state index contributed by atoms with van der Waals surface area (Å²) in [5.74, 6) is 2.55. The number of hydrogen-bond donors (Lipinski definition) is 1. The molecule has 0 saturated heterocycles. The van der Waals surface area contributed by atoms with E-state index >= 15 is 0 Å². The quantitative estimate of drug-likeness (QED) is 0.661. The Morgan fingerprint density at radius 3 is 2.81 bits per heavy atom. The molecule has 0 fully saturated rings. The van der Waals surface area contributed by atoms with Gasteiger partial charge in [-0.25, -0.2) is 0 Å². The van der Waals surface area contributed by atoms with Crippen molar-refractivity contribution in [2.75, 3.05) is 6.79 Å². The lowest BCUT2D eigenvalue weighted by atomic mass is 10.2. The first kappa shape index (κ1) is 17.4. The van der Waals surface area contributed by atoms with Crippen molar-refractivity contribution in [2.24, 2.45) is 7.05 Å². The second kappa shape index (κ2) is 7.71. The predicted molar refractivity (Wildman–Crippen MR) is 101 cm³/mol. The summed E-state index contributed by atoms with van der Waals surface area (Å²) >= 11 is 1.61. The number of ether oxygens (including phenoxy) is 2. The van der Waals surface area contributed by atoms with Crippen molar-refractivity contribution in [3.05, 3.63) is 65.5 Å². The van der Waals surface area contributed by atoms with E-state index < -0.39 is 0 Å². The van der Waals surface area contributed by atoms with Crippen LogP contribution in [-0.4, -0.2) is 27.5 Å². The van der Waals surface area contributed by atoms with E-state index in [0.717, 1.165) is 10.9 Å². The molecule has 138 valence electrons. The topological polar surface area (TPSA) is 78.3 Å². The zero-order valence-corrected chi connectivity index (χ0v) is 15.5. The largest absolute Gasteiger partial charge is 0.454 e. The average molecular weight is 382 g/mol. The van der Waals surface area contributed by atoms with E-state index in [-0.39, 0.29) is 12.7 Å². The molecule has 27 heavy (non-hydrogen) atoms. The zero-order valence-electron chi connectivity index (χ0n) is 14.7. The lowest BCUT2D eigenvalue weighted by molar-refractivity contribution is 0.0949. The van der Waals surface area contributed by atoms with Gasteiger partial charge in [-0.05, 0) is 23.8 Å². The highest BCUT2D eigenvalue weighted by Gasteiger charge is 2.17. The second-order valence-electron chi connectivity index (χ2n) is 5.98. The lowest BCUT2D eigenvalue weighted by Crippen LogP contribution is -2.24. The summed E-state index contributed by atoms with van der Waals surface area (Å²) in [6, 6.07) is 15.3. The number of carbonyl (C=O) groups excluding carboxylic acids is 1. The second-order valence-corrected chi connectivity index (χ2v) is 6.93. The molecule has 2 aromatic carbocycles. The van der Waals surface area contributed by atoms with Gasteiger partial charge in [0.05, 0.1) is 6.54 Å². The maximum absolute atomic E-state index is 12.4. The lowest BCUT2D eigenvalue weighted by Gasteiger charge is -2.07. The number of benzene rings is 2. The molecule has 0 atom stereocenters. The number of thioether (sulfide) groups is 1. The summed E-state index contributed by atoms with van der Waals surface area (Å²) in [6.07, 6.45) is 0. The molecule has 0 saturated carbocycles. The molecule has 1 amide bonds. The molecule has 8 heteroatoms. The number of fused-ring (bicyclic) bond motifs is 1. The molecule has 0 radical (unpaired) electrons. The Morgan fingerprint density at radius 1 is 1.15 bits per heavy atom. The van der Waals surface area contributed by atoms with Crippen molar-refractivity contribution < 1.29 is 14.3 Å². The van der Waals surface area contributed by atoms with Gasteiger partial charge in [-0.3, -0.25) is 4.79 Å². The Labute approximate surface area is 160 Å². The summed E-state index contributed by atoms with van der Waals surface area (Å²) in [4.78, 5) is 12.4. The number of nitrogens with zero attached hydrogens (tertiary/aromatic N) is 3. The summed E-state index contributed by atoms with van der Waals surface area (Å²) in [5, 5.41) is 12.1. The molecule has 0 aliphatic carbocycles. The summed E-state index contributed by atoms with van der Waals surface area (Å²) in [7, 11) is 1.90. The van der Waals surface area contributed by atoms with E-state index in [9.17, 15) is 4.79 Å². The van der Waals surface area contributed by atoms with E-state index in [1.807, 2.05) is 29.8 Å². The first-order valence-corrected chi connectivity index (χ1v) is 9.42. The van der Waals surface area contributed by atoms with Gasteiger partial charge < -0.3 is 19.4 Å². The maximum Gasteiger partial charge on any atom is 0.251 e. The van der Waals surface area contributed by atoms with Crippen LogP contribution in [0.4, 0.5) is 0 Å². The third kappa shape index (κ3) is 3.90. The molecule has 1 aromatic heterocycles. The third-order valence-electron chi connectivity index (χ3n) is 4.18. The average Bonchev–Trinajstić information content (AvgIpc) is 3.31. The van der Waals surface area contributed by atoms with Gasteiger partial charge in [-0.1, -0.05) is 42.1 Å². The number of amides is 1. The SMILES string of the molecule is Cn1c(CNC(=O)c2ccc3c(c2)OCO3)nnc1SCc1ccccc1. The molecule has 1 aliphatic rings. The van der Waals surface area contributed by atoms with Gasteiger partial charge in [-0.15, -0.1) is 10.2 Å². The van der Waals surface area contributed by atoms with Crippen LogP contribution in [-0.2, 0) is 19.3 Å². The number of aromatic nitrogens is 3. The van der Waals surface area contributed by atoms with Crippen LogP contribution in [0.15, 0.2) is 53.7 Å². The van der Waals surface area contributed by atoms with Crippen LogP contribution >= 0.6 is 11.8 Å². The monoisotopic (exact) mass is 382 g/mol. The molecule has 1 aliphatic heterocycles. The Balaban J connectivity index is 1.36. The molecule has 0 spiro atoms. The summed E-state index contributed by atoms with van der Waals surface area (Å²) < 4.78 is 12.5. The van der Waals surface area contributed by atoms with E-state index in [1.165, 1.54) is 5.56 Å². The number of hydrogen-bond acceptors (Lipinski definition) is 6. The first-order chi connectivity index (χ1) is 13.2. The fourth-order valence-corrected chi connectivity index (χ4v) is 3.53. The number of rotatable bonds is 6. The van der Waals surface area contributed by atoms with E-state index in [0.29, 0.717) is 29.4 Å². The van der Waals surface area contributed by atoms with Crippen LogP contribution in [0.2, 0.25) is 0 Å². The minimum Gasteiger partial charge on any atom is -0.454 e. The van der Waals surface area contributed by atoms with Crippen LogP contribution in [0.5, 0.6) is 11.5 Å². The molecule has 7 nitrogen and oxygen atoms in total. The van der Waals surface area contributed by atoms with Crippen molar-refractivity contribution in [2.45, 2.75) is 17.5 Å². The van der Waals surface area contributed by atoms with Gasteiger partial charge in [0.2, 0.25) is 6.79 Å². The Kier molecular flexibility index (Phi) is 4.97. The van der Waals surface area contributed by atoms with E-state index in [2.05, 4.69) is 27.6 Å². The predicted octanol–water partition coefficient (Wildman–Crippen LogP) is 2.77. The zero-order chi connectivity index (χ0) is 18.6. The fourth-order valence-electron chi connectivity index (χ4n) is 2.65. The van der Waals surface area contributed by atoms with Gasteiger partial charge in [0, 0.05) is 18.4 Å². The molecule has 0 unspecified atom stereocenters. The van der Waals surface area contributed by atoms with Crippen molar-refractivity contribution in [3.63, 3.8) is 0 Å². The Bertz CT molecular complexity index is 959. The molecule has 4 rings (SSSR count). The molecular weight excluding hydrogens is 364 g/mol. The van der Waals surface area contributed by atoms with Gasteiger partial charge in [0.25, 0.3) is 5.91 Å². The Hall–Kier alpha value is -3.00. The highest BCUT2D eigenvalue weighted by atomic mass is 32.2. The fraction of sp³-hybridized carbons (Fsp3) is 0.211. The minimum absolute atomic E-state index is 0.183. The van der Waals surface area contributed by atoms with Crippen molar-refractivity contribution in [1.82, 2.24) is 20.1 Å². The van der Waals surface area contributed by atoms with Gasteiger partial charge in [0.1, 0.15) is 0 Å². The normalized spacial score (nSPS) is 12.2. The first-order valence-electron chi connectivity index (χ1n) is 8.43. The summed E-state index contributed by atoms with van der Waals surface area (Å²) in [6.45, 7) is 0.478. The van der Waals surface area contributed by atoms with Gasteiger partial charge in [-0.2, -0.15) is 0 Å². The molecule has 1 N–H and O–H groups in total. The van der Waals surface area contributed by atoms with Crippen molar-refractivity contribution >= 4 is 17.7 Å². The molecule has 2 heterocycles. The van der Waals surface area contributed by atoms with Crippen LogP contribution < -0.4 is 14.8 Å². The van der Waals surface area contributed by atoms with Crippen LogP contribution in [0.1, 0.15) is 21.7 Å². The minimum atomic E-state index is -0.199. The number of nitrogens with one attached hydrogen (secondary N) is 1. The number of carbonyl (C=O) groups is 1. The van der Waals surface area contributed by atoms with Crippen LogP contribution in [0.25, 0.3) is 0 Å². The van der Waals surface area contributed by atoms with Crippen molar-refractivity contribution in [1.29, 1.82) is 0 Å². The Morgan fingerprint density at radius 2 is 1.96 bits per heavy atom. The third-order valence-corrected chi connectivity index (χ3v) is 5.27. The maximum atomic E-state index is 12.4. The smallest absolute Gasteiger partial charge is 0.251 e. The molecule has 3 aromatic rings. The van der Waals surface area contributed by atoms with Gasteiger partial charge in [0.15, 0.2) is 22.5 Å². The van der Waals surface area contributed by atoms with Gasteiger partial charge >= 0.3 is 0 Å². The summed E-state index contributed by atoms with van der Waals surface area (Å²) in [5.41, 5.74) is 1.74. The highest BCUT2D eigenvalue weighted by Crippen LogP contribution is 2.32. The van der Waals surface area contributed by atoms with Crippen LogP contribution in [0, 0.1) is 0 Å². The molecular formula is C19H18N4O3S. The highest BCUT2D eigenvalue weighted by molar-refractivity contribution is 7.98. The van der Waals surface area contributed by atoms with Crippen molar-refractivity contribution in [3.8, 4) is 11.5 Å². The molecule has 0 bridgehead atoms.